The molecular formula is C9H19BrO5. The number of ether oxygens (including phenoxy) is 3. The third-order valence-corrected chi connectivity index (χ3v) is 2.22. The van der Waals surface area contributed by atoms with E-state index in [1.165, 1.54) is 0 Å². The van der Waals surface area contributed by atoms with Gasteiger partial charge in [0.2, 0.25) is 0 Å². The molecule has 0 bridgehead atoms. The molecule has 0 saturated heterocycles. The third-order valence-electron chi connectivity index (χ3n) is 1.47. The van der Waals surface area contributed by atoms with Crippen LogP contribution in [-0.2, 0) is 14.2 Å². The molecule has 0 fully saturated rings. The highest BCUT2D eigenvalue weighted by atomic mass is 79.9. The Bertz CT molecular complexity index is 125. The molecular weight excluding hydrogens is 268 g/mol. The summed E-state index contributed by atoms with van der Waals surface area (Å²) in [5.74, 6) is 0. The first-order valence-corrected chi connectivity index (χ1v) is 6.01. The van der Waals surface area contributed by atoms with Crippen LogP contribution in [0.25, 0.3) is 0 Å². The van der Waals surface area contributed by atoms with Gasteiger partial charge in [0.1, 0.15) is 0 Å². The summed E-state index contributed by atoms with van der Waals surface area (Å²) < 4.78 is 15.3. The van der Waals surface area contributed by atoms with Gasteiger partial charge in [0.25, 0.3) is 0 Å². The Balaban J connectivity index is 2.92. The van der Waals surface area contributed by atoms with Crippen LogP contribution < -0.4 is 0 Å². The minimum atomic E-state index is -0.460. The summed E-state index contributed by atoms with van der Waals surface area (Å²) in [5.41, 5.74) is 0. The van der Waals surface area contributed by atoms with Crippen LogP contribution in [-0.4, -0.2) is 67.9 Å². The molecule has 0 radical (unpaired) electrons. The van der Waals surface area contributed by atoms with Crippen molar-refractivity contribution in [2.75, 3.05) is 51.6 Å². The summed E-state index contributed by atoms with van der Waals surface area (Å²) in [6.45, 7) is 2.61. The molecule has 15 heavy (non-hydrogen) atoms. The van der Waals surface area contributed by atoms with Gasteiger partial charge in [-0.15, -0.1) is 0 Å². The maximum Gasteiger partial charge on any atom is 0.0870 e. The molecule has 0 aromatic heterocycles. The van der Waals surface area contributed by atoms with Gasteiger partial charge in [-0.1, -0.05) is 15.9 Å². The van der Waals surface area contributed by atoms with Crippen molar-refractivity contribution in [3.05, 3.63) is 0 Å². The van der Waals surface area contributed by atoms with Gasteiger partial charge in [0, 0.05) is 5.33 Å². The zero-order valence-electron chi connectivity index (χ0n) is 8.73. The van der Waals surface area contributed by atoms with Crippen LogP contribution in [0.2, 0.25) is 0 Å². The molecule has 2 N–H and O–H groups in total. The predicted octanol–water partition coefficient (Wildman–Crippen LogP) is -0.216. The van der Waals surface area contributed by atoms with Gasteiger partial charge < -0.3 is 24.4 Å². The number of aliphatic hydroxyl groups excluding tert-OH is 2. The van der Waals surface area contributed by atoms with E-state index in [2.05, 4.69) is 15.9 Å². The lowest BCUT2D eigenvalue weighted by molar-refractivity contribution is -0.00830. The van der Waals surface area contributed by atoms with Gasteiger partial charge in [-0.2, -0.15) is 0 Å². The lowest BCUT2D eigenvalue weighted by Crippen LogP contribution is -2.18. The molecule has 0 aliphatic carbocycles. The summed E-state index contributed by atoms with van der Waals surface area (Å²) in [7, 11) is 0. The van der Waals surface area contributed by atoms with E-state index in [0.717, 1.165) is 0 Å². The van der Waals surface area contributed by atoms with Crippen LogP contribution >= 0.6 is 15.9 Å². The van der Waals surface area contributed by atoms with E-state index < -0.39 is 6.10 Å². The molecule has 5 nitrogen and oxygen atoms in total. The smallest absolute Gasteiger partial charge is 0.0870 e. The molecule has 0 amide bonds. The van der Waals surface area contributed by atoms with E-state index in [1.807, 2.05) is 0 Å². The van der Waals surface area contributed by atoms with Crippen molar-refractivity contribution in [3.63, 3.8) is 0 Å². The summed E-state index contributed by atoms with van der Waals surface area (Å²) in [5, 5.41) is 18.0. The maximum absolute atomic E-state index is 9.10. The van der Waals surface area contributed by atoms with Gasteiger partial charge in [-0.25, -0.2) is 0 Å². The minimum absolute atomic E-state index is 0.0353. The number of hydrogen-bond donors (Lipinski definition) is 2. The van der Waals surface area contributed by atoms with Crippen LogP contribution in [0, 0.1) is 0 Å². The third kappa shape index (κ3) is 12.2. The van der Waals surface area contributed by atoms with Crippen LogP contribution in [0.1, 0.15) is 0 Å². The zero-order chi connectivity index (χ0) is 11.4. The fraction of sp³-hybridized carbons (Fsp3) is 1.00. The van der Waals surface area contributed by atoms with Crippen LogP contribution in [0.15, 0.2) is 0 Å². The first-order chi connectivity index (χ1) is 7.31. The van der Waals surface area contributed by atoms with Crippen molar-refractivity contribution in [1.82, 2.24) is 0 Å². The molecule has 6 heteroatoms. The van der Waals surface area contributed by atoms with Crippen LogP contribution in [0.5, 0.6) is 0 Å². The van der Waals surface area contributed by atoms with E-state index in [9.17, 15) is 0 Å². The zero-order valence-corrected chi connectivity index (χ0v) is 10.3. The average Bonchev–Trinajstić information content (AvgIpc) is 2.26. The Morgan fingerprint density at radius 1 is 0.933 bits per heavy atom. The fourth-order valence-electron chi connectivity index (χ4n) is 0.768. The van der Waals surface area contributed by atoms with Crippen molar-refractivity contribution >= 4 is 15.9 Å². The van der Waals surface area contributed by atoms with Gasteiger partial charge in [0.15, 0.2) is 0 Å². The molecule has 1 unspecified atom stereocenters. The standard InChI is InChI=1S/C9H19BrO5/c10-7-9(12)8-15-6-5-14-4-3-13-2-1-11/h9,11-12H,1-8H2. The Hall–Kier alpha value is 0.280. The lowest BCUT2D eigenvalue weighted by Gasteiger charge is -2.08. The Kier molecular flexibility index (Phi) is 12.6. The second-order valence-electron chi connectivity index (χ2n) is 2.83. The number of rotatable bonds is 11. The van der Waals surface area contributed by atoms with Gasteiger partial charge in [0.05, 0.1) is 52.4 Å². The maximum atomic E-state index is 9.10. The van der Waals surface area contributed by atoms with E-state index in [-0.39, 0.29) is 6.61 Å². The second-order valence-corrected chi connectivity index (χ2v) is 3.48. The molecule has 0 heterocycles. The Morgan fingerprint density at radius 3 is 2.00 bits per heavy atom. The lowest BCUT2D eigenvalue weighted by atomic mass is 10.4. The van der Waals surface area contributed by atoms with Crippen molar-refractivity contribution in [3.8, 4) is 0 Å². The number of hydrogen-bond acceptors (Lipinski definition) is 5. The quantitative estimate of drug-likeness (QED) is 0.406. The molecule has 0 aliphatic heterocycles. The highest BCUT2D eigenvalue weighted by Crippen LogP contribution is 1.91. The summed E-state index contributed by atoms with van der Waals surface area (Å²) >= 11 is 3.13. The normalized spacial score (nSPS) is 13.0. The SMILES string of the molecule is OCCOCCOCCOCC(O)CBr. The fourth-order valence-corrected chi connectivity index (χ4v) is 0.955. The first kappa shape index (κ1) is 15.3. The van der Waals surface area contributed by atoms with E-state index in [1.54, 1.807) is 0 Å². The van der Waals surface area contributed by atoms with E-state index in [4.69, 9.17) is 24.4 Å². The molecule has 0 rings (SSSR count). The van der Waals surface area contributed by atoms with Crippen LogP contribution in [0.4, 0.5) is 0 Å². The summed E-state index contributed by atoms with van der Waals surface area (Å²) in [6.07, 6.45) is -0.460. The molecule has 0 aromatic rings. The number of halogens is 1. The number of aliphatic hydroxyl groups is 2. The van der Waals surface area contributed by atoms with Gasteiger partial charge in [-0.05, 0) is 0 Å². The van der Waals surface area contributed by atoms with E-state index >= 15 is 0 Å². The molecule has 0 saturated carbocycles. The summed E-state index contributed by atoms with van der Waals surface area (Å²) in [6, 6.07) is 0. The van der Waals surface area contributed by atoms with E-state index in [0.29, 0.717) is 45.0 Å². The van der Waals surface area contributed by atoms with Gasteiger partial charge in [-0.3, -0.25) is 0 Å². The first-order valence-electron chi connectivity index (χ1n) is 4.89. The Morgan fingerprint density at radius 2 is 1.47 bits per heavy atom. The molecule has 1 atom stereocenters. The topological polar surface area (TPSA) is 68.2 Å². The van der Waals surface area contributed by atoms with Crippen molar-refractivity contribution in [2.24, 2.45) is 0 Å². The minimum Gasteiger partial charge on any atom is -0.394 e. The highest BCUT2D eigenvalue weighted by molar-refractivity contribution is 9.09. The predicted molar refractivity (Wildman–Crippen MR) is 59.3 cm³/mol. The molecule has 92 valence electrons. The van der Waals surface area contributed by atoms with Crippen LogP contribution in [0.3, 0.4) is 0 Å². The second kappa shape index (κ2) is 12.4. The summed E-state index contributed by atoms with van der Waals surface area (Å²) in [4.78, 5) is 0. The average molecular weight is 287 g/mol. The van der Waals surface area contributed by atoms with Gasteiger partial charge >= 0.3 is 0 Å². The van der Waals surface area contributed by atoms with Crippen molar-refractivity contribution in [2.45, 2.75) is 6.10 Å². The largest absolute Gasteiger partial charge is 0.394 e. The molecule has 0 aliphatic rings. The Labute approximate surface area is 98.5 Å². The molecule has 0 spiro atoms. The van der Waals surface area contributed by atoms with Crippen molar-refractivity contribution < 1.29 is 24.4 Å². The number of alkyl halides is 1. The van der Waals surface area contributed by atoms with Crippen molar-refractivity contribution in [1.29, 1.82) is 0 Å². The monoisotopic (exact) mass is 286 g/mol. The highest BCUT2D eigenvalue weighted by Gasteiger charge is 2.00. The molecule has 0 aromatic carbocycles.